The summed E-state index contributed by atoms with van der Waals surface area (Å²) in [5.74, 6) is 1.92. The van der Waals surface area contributed by atoms with E-state index in [1.807, 2.05) is 6.92 Å². The molecule has 16 heavy (non-hydrogen) atoms. The molecule has 0 aromatic rings. The molecule has 5 unspecified atom stereocenters. The minimum atomic E-state index is -0.476. The van der Waals surface area contributed by atoms with E-state index in [9.17, 15) is 5.11 Å². The highest BCUT2D eigenvalue weighted by atomic mass is 16.5. The highest BCUT2D eigenvalue weighted by Crippen LogP contribution is 2.48. The van der Waals surface area contributed by atoms with Crippen LogP contribution >= 0.6 is 0 Å². The lowest BCUT2D eigenvalue weighted by molar-refractivity contribution is -0.200. The fraction of sp³-hybridized carbons (Fsp3) is 1.00. The molecule has 1 heterocycles. The molecule has 1 aliphatic heterocycles. The van der Waals surface area contributed by atoms with Crippen LogP contribution in [0.4, 0.5) is 0 Å². The normalized spacial score (nSPS) is 53.4. The molecule has 0 aromatic carbocycles. The van der Waals surface area contributed by atoms with Crippen molar-refractivity contribution < 1.29 is 9.84 Å². The second kappa shape index (κ2) is 3.71. The van der Waals surface area contributed by atoms with Crippen LogP contribution in [-0.2, 0) is 4.74 Å². The third kappa shape index (κ3) is 1.91. The van der Waals surface area contributed by atoms with Gasteiger partial charge in [0.25, 0.3) is 0 Å². The van der Waals surface area contributed by atoms with Crippen molar-refractivity contribution in [3.8, 4) is 0 Å². The quantitative estimate of drug-likeness (QED) is 0.742. The first-order chi connectivity index (χ1) is 7.56. The van der Waals surface area contributed by atoms with Crippen LogP contribution in [-0.4, -0.2) is 22.9 Å². The van der Waals surface area contributed by atoms with Crippen molar-refractivity contribution in [1.29, 1.82) is 0 Å². The predicted molar refractivity (Wildman–Crippen MR) is 63.1 cm³/mol. The van der Waals surface area contributed by atoms with E-state index in [0.717, 1.165) is 31.1 Å². The van der Waals surface area contributed by atoms with Gasteiger partial charge >= 0.3 is 0 Å². The smallest absolute Gasteiger partial charge is 0.0697 e. The highest BCUT2D eigenvalue weighted by Gasteiger charge is 2.50. The summed E-state index contributed by atoms with van der Waals surface area (Å²) >= 11 is 0. The van der Waals surface area contributed by atoms with E-state index in [2.05, 4.69) is 6.92 Å². The van der Waals surface area contributed by atoms with E-state index in [1.165, 1.54) is 19.3 Å². The van der Waals surface area contributed by atoms with Crippen molar-refractivity contribution in [2.45, 2.75) is 70.2 Å². The third-order valence-electron chi connectivity index (χ3n) is 4.96. The number of aliphatic hydroxyl groups is 1. The Morgan fingerprint density at radius 1 is 1.12 bits per heavy atom. The van der Waals surface area contributed by atoms with Gasteiger partial charge in [0, 0.05) is 12.3 Å². The van der Waals surface area contributed by atoms with Crippen molar-refractivity contribution in [3.63, 3.8) is 0 Å². The Labute approximate surface area is 98.4 Å². The summed E-state index contributed by atoms with van der Waals surface area (Å²) in [7, 11) is 0. The molecular formula is C14H24O2. The zero-order chi connectivity index (χ0) is 11.3. The molecular weight excluding hydrogens is 200 g/mol. The van der Waals surface area contributed by atoms with Crippen LogP contribution in [0.1, 0.15) is 52.4 Å². The summed E-state index contributed by atoms with van der Waals surface area (Å²) in [5, 5.41) is 10.6. The second-order valence-corrected chi connectivity index (χ2v) is 6.64. The van der Waals surface area contributed by atoms with Gasteiger partial charge in [-0.05, 0) is 44.4 Å². The lowest BCUT2D eigenvalue weighted by Gasteiger charge is -2.49. The summed E-state index contributed by atoms with van der Waals surface area (Å²) in [5.41, 5.74) is -0.476. The van der Waals surface area contributed by atoms with E-state index >= 15 is 0 Å². The van der Waals surface area contributed by atoms with E-state index in [0.29, 0.717) is 18.1 Å². The van der Waals surface area contributed by atoms with Gasteiger partial charge in [-0.3, -0.25) is 0 Å². The molecule has 92 valence electrons. The van der Waals surface area contributed by atoms with Crippen molar-refractivity contribution in [3.05, 3.63) is 0 Å². The maximum Gasteiger partial charge on any atom is 0.0697 e. The Kier molecular flexibility index (Phi) is 2.56. The first-order valence-electron chi connectivity index (χ1n) is 6.94. The Morgan fingerprint density at radius 2 is 1.88 bits per heavy atom. The Morgan fingerprint density at radius 3 is 2.56 bits per heavy atom. The largest absolute Gasteiger partial charge is 0.390 e. The predicted octanol–water partition coefficient (Wildman–Crippen LogP) is 2.74. The maximum absolute atomic E-state index is 10.6. The van der Waals surface area contributed by atoms with E-state index < -0.39 is 5.60 Å². The zero-order valence-electron chi connectivity index (χ0n) is 10.5. The van der Waals surface area contributed by atoms with Gasteiger partial charge in [0.05, 0.1) is 17.8 Å². The van der Waals surface area contributed by atoms with E-state index in [4.69, 9.17) is 4.74 Å². The van der Waals surface area contributed by atoms with E-state index in [-0.39, 0.29) is 0 Å². The molecule has 2 nitrogen and oxygen atoms in total. The number of ether oxygens (including phenoxy) is 1. The molecule has 3 aliphatic rings. The first kappa shape index (κ1) is 11.0. The number of hydrogen-bond acceptors (Lipinski definition) is 2. The lowest BCUT2D eigenvalue weighted by Crippen LogP contribution is -2.54. The summed E-state index contributed by atoms with van der Waals surface area (Å²) < 4.78 is 6.26. The number of fused-ring (bicyclic) bond motifs is 1. The maximum atomic E-state index is 10.6. The van der Waals surface area contributed by atoms with Gasteiger partial charge in [-0.25, -0.2) is 0 Å². The summed E-state index contributed by atoms with van der Waals surface area (Å²) in [6.07, 6.45) is 7.74. The van der Waals surface area contributed by atoms with Gasteiger partial charge in [0.1, 0.15) is 0 Å². The first-order valence-corrected chi connectivity index (χ1v) is 6.94. The monoisotopic (exact) mass is 224 g/mol. The third-order valence-corrected chi connectivity index (χ3v) is 4.96. The summed E-state index contributed by atoms with van der Waals surface area (Å²) in [6.45, 7) is 4.35. The Hall–Kier alpha value is -0.0800. The van der Waals surface area contributed by atoms with Crippen LogP contribution in [0.2, 0.25) is 0 Å². The molecule has 5 atom stereocenters. The number of rotatable bonds is 1. The minimum Gasteiger partial charge on any atom is -0.390 e. The highest BCUT2D eigenvalue weighted by molar-refractivity contribution is 5.00. The molecule has 1 saturated heterocycles. The standard InChI is InChI=1S/C14H24O2/c1-9-3-6-11-12(7-9)16-13(10-4-5-10)8-14(11,2)15/h9-13,15H,3-8H2,1-2H3. The average molecular weight is 224 g/mol. The molecule has 3 fully saturated rings. The van der Waals surface area contributed by atoms with E-state index in [1.54, 1.807) is 0 Å². The molecule has 2 saturated carbocycles. The molecule has 0 amide bonds. The molecule has 0 spiro atoms. The number of hydrogen-bond donors (Lipinski definition) is 1. The van der Waals surface area contributed by atoms with Crippen molar-refractivity contribution in [2.75, 3.05) is 0 Å². The topological polar surface area (TPSA) is 29.5 Å². The summed E-state index contributed by atoms with van der Waals surface area (Å²) in [4.78, 5) is 0. The van der Waals surface area contributed by atoms with Gasteiger partial charge in [-0.1, -0.05) is 13.3 Å². The molecule has 2 heteroatoms. The van der Waals surface area contributed by atoms with Crippen molar-refractivity contribution in [2.24, 2.45) is 17.8 Å². The Bertz CT molecular complexity index is 270. The van der Waals surface area contributed by atoms with Crippen LogP contribution in [0.5, 0.6) is 0 Å². The SMILES string of the molecule is CC1CCC2C(C1)OC(C1CC1)CC2(C)O. The van der Waals surface area contributed by atoms with Crippen LogP contribution in [0.15, 0.2) is 0 Å². The molecule has 0 bridgehead atoms. The minimum absolute atomic E-state index is 0.332. The van der Waals surface area contributed by atoms with Crippen molar-refractivity contribution >= 4 is 0 Å². The van der Waals surface area contributed by atoms with Gasteiger partial charge < -0.3 is 9.84 Å². The van der Waals surface area contributed by atoms with Gasteiger partial charge in [0.2, 0.25) is 0 Å². The molecule has 0 radical (unpaired) electrons. The fourth-order valence-corrected chi connectivity index (χ4v) is 3.77. The van der Waals surface area contributed by atoms with Crippen LogP contribution < -0.4 is 0 Å². The molecule has 3 rings (SSSR count). The van der Waals surface area contributed by atoms with Crippen molar-refractivity contribution in [1.82, 2.24) is 0 Å². The van der Waals surface area contributed by atoms with Gasteiger partial charge in [-0.2, -0.15) is 0 Å². The van der Waals surface area contributed by atoms with Crippen LogP contribution in [0.3, 0.4) is 0 Å². The zero-order valence-corrected chi connectivity index (χ0v) is 10.5. The molecule has 0 aromatic heterocycles. The fourth-order valence-electron chi connectivity index (χ4n) is 3.77. The van der Waals surface area contributed by atoms with Gasteiger partial charge in [-0.15, -0.1) is 0 Å². The van der Waals surface area contributed by atoms with Crippen LogP contribution in [0, 0.1) is 17.8 Å². The van der Waals surface area contributed by atoms with Crippen LogP contribution in [0.25, 0.3) is 0 Å². The second-order valence-electron chi connectivity index (χ2n) is 6.64. The van der Waals surface area contributed by atoms with Gasteiger partial charge in [0.15, 0.2) is 0 Å². The molecule has 1 N–H and O–H groups in total. The average Bonchev–Trinajstić information content (AvgIpc) is 2.98. The molecule has 2 aliphatic carbocycles. The Balaban J connectivity index is 1.76. The lowest BCUT2D eigenvalue weighted by atomic mass is 9.68. The summed E-state index contributed by atoms with van der Waals surface area (Å²) in [6, 6.07) is 0.